The van der Waals surface area contributed by atoms with Gasteiger partial charge in [0.05, 0.1) is 0 Å². The first-order valence-corrected chi connectivity index (χ1v) is 4.54. The monoisotopic (exact) mass is 169 g/mol. The number of nitrogens with two attached hydrogens (primary N) is 1. The summed E-state index contributed by atoms with van der Waals surface area (Å²) in [4.78, 5) is 13.2. The number of carbonyl (C=O) groups excluding carboxylic acids is 1. The fourth-order valence-corrected chi connectivity index (χ4v) is 2.10. The van der Waals surface area contributed by atoms with E-state index in [-0.39, 0.29) is 11.9 Å². The van der Waals surface area contributed by atoms with Gasteiger partial charge < -0.3 is 11.1 Å². The van der Waals surface area contributed by atoms with Crippen molar-refractivity contribution in [3.8, 4) is 0 Å². The zero-order valence-corrected chi connectivity index (χ0v) is 7.12. The van der Waals surface area contributed by atoms with Gasteiger partial charge in [-0.2, -0.15) is 0 Å². The summed E-state index contributed by atoms with van der Waals surface area (Å²) in [5, 5.41) is 3.36. The van der Waals surface area contributed by atoms with Crippen molar-refractivity contribution in [1.29, 1.82) is 0 Å². The molecule has 4 heteroatoms. The Morgan fingerprint density at radius 3 is 2.67 bits per heavy atom. The molecular formula is C8H15N3O. The van der Waals surface area contributed by atoms with E-state index in [9.17, 15) is 4.79 Å². The molecule has 0 aromatic rings. The second-order valence-corrected chi connectivity index (χ2v) is 3.64. The Morgan fingerprint density at radius 2 is 2.08 bits per heavy atom. The molecule has 0 aromatic heterocycles. The Bertz CT molecular complexity index is 187. The van der Waals surface area contributed by atoms with Crippen LogP contribution in [-0.2, 0) is 4.79 Å². The third kappa shape index (κ3) is 1.32. The average Bonchev–Trinajstić information content (AvgIpc) is 2.36. The van der Waals surface area contributed by atoms with Gasteiger partial charge in [0.1, 0.15) is 6.04 Å². The van der Waals surface area contributed by atoms with Gasteiger partial charge in [-0.05, 0) is 12.8 Å². The molecule has 68 valence electrons. The highest BCUT2D eigenvalue weighted by atomic mass is 16.1. The van der Waals surface area contributed by atoms with Crippen LogP contribution in [0.15, 0.2) is 0 Å². The molecule has 3 N–H and O–H groups in total. The number of fused-ring (bicyclic) bond motifs is 4. The molecule has 3 fully saturated rings. The predicted octanol–water partition coefficient (Wildman–Crippen LogP) is -1.09. The van der Waals surface area contributed by atoms with Crippen LogP contribution in [0.4, 0.5) is 0 Å². The fraction of sp³-hybridized carbons (Fsp3) is 0.875. The lowest BCUT2D eigenvalue weighted by Gasteiger charge is -2.29. The molecule has 0 saturated carbocycles. The maximum Gasteiger partial charge on any atom is 0.236 e. The quantitative estimate of drug-likeness (QED) is 0.524. The van der Waals surface area contributed by atoms with E-state index >= 15 is 0 Å². The van der Waals surface area contributed by atoms with Crippen molar-refractivity contribution in [2.75, 3.05) is 19.6 Å². The van der Waals surface area contributed by atoms with E-state index in [1.807, 2.05) is 0 Å². The number of hydrogen-bond acceptors (Lipinski definition) is 3. The minimum atomic E-state index is -0.190. The Balaban J connectivity index is 2.10. The van der Waals surface area contributed by atoms with Crippen LogP contribution in [0.3, 0.4) is 0 Å². The van der Waals surface area contributed by atoms with Gasteiger partial charge in [0.25, 0.3) is 0 Å². The highest BCUT2D eigenvalue weighted by Gasteiger charge is 2.32. The number of nitrogens with one attached hydrogen (secondary N) is 1. The highest BCUT2D eigenvalue weighted by molar-refractivity contribution is 5.80. The van der Waals surface area contributed by atoms with Crippen molar-refractivity contribution in [3.05, 3.63) is 0 Å². The lowest BCUT2D eigenvalue weighted by atomic mass is 10.1. The predicted molar refractivity (Wildman–Crippen MR) is 45.6 cm³/mol. The Hall–Kier alpha value is -0.610. The maximum absolute atomic E-state index is 11.0. The highest BCUT2D eigenvalue weighted by Crippen LogP contribution is 2.16. The van der Waals surface area contributed by atoms with Gasteiger partial charge in [0.15, 0.2) is 0 Å². The molecule has 0 aliphatic carbocycles. The molecule has 0 spiro atoms. The minimum absolute atomic E-state index is 0.0718. The molecular weight excluding hydrogens is 154 g/mol. The SMILES string of the molecule is NC(=O)C1CNC2CCN1CC2. The topological polar surface area (TPSA) is 58.4 Å². The third-order valence-electron chi connectivity index (χ3n) is 2.90. The first kappa shape index (κ1) is 8.01. The zero-order chi connectivity index (χ0) is 8.55. The number of primary amides is 1. The summed E-state index contributed by atoms with van der Waals surface area (Å²) in [7, 11) is 0. The normalized spacial score (nSPS) is 40.8. The smallest absolute Gasteiger partial charge is 0.236 e. The van der Waals surface area contributed by atoms with Crippen LogP contribution >= 0.6 is 0 Å². The number of hydrogen-bond donors (Lipinski definition) is 2. The van der Waals surface area contributed by atoms with Crippen LogP contribution < -0.4 is 11.1 Å². The van der Waals surface area contributed by atoms with Gasteiger partial charge in [0, 0.05) is 25.7 Å². The molecule has 4 nitrogen and oxygen atoms in total. The van der Waals surface area contributed by atoms with Gasteiger partial charge in [-0.25, -0.2) is 0 Å². The van der Waals surface area contributed by atoms with Crippen LogP contribution in [0.25, 0.3) is 0 Å². The fourth-order valence-electron chi connectivity index (χ4n) is 2.10. The lowest BCUT2D eigenvalue weighted by Crippen LogP contribution is -2.47. The molecule has 1 atom stereocenters. The van der Waals surface area contributed by atoms with Crippen molar-refractivity contribution in [2.45, 2.75) is 24.9 Å². The van der Waals surface area contributed by atoms with Crippen LogP contribution in [0.1, 0.15) is 12.8 Å². The molecule has 3 aliphatic heterocycles. The van der Waals surface area contributed by atoms with Crippen molar-refractivity contribution in [3.63, 3.8) is 0 Å². The summed E-state index contributed by atoms with van der Waals surface area (Å²) in [5.74, 6) is -0.190. The molecule has 1 unspecified atom stereocenters. The Kier molecular flexibility index (Phi) is 2.02. The molecule has 3 rings (SSSR count). The molecule has 12 heavy (non-hydrogen) atoms. The number of piperidine rings is 1. The summed E-state index contributed by atoms with van der Waals surface area (Å²) in [6.07, 6.45) is 2.31. The van der Waals surface area contributed by atoms with Crippen LogP contribution in [0.2, 0.25) is 0 Å². The van der Waals surface area contributed by atoms with Gasteiger partial charge in [-0.1, -0.05) is 0 Å². The van der Waals surface area contributed by atoms with Crippen molar-refractivity contribution < 1.29 is 4.79 Å². The van der Waals surface area contributed by atoms with Crippen LogP contribution in [0.5, 0.6) is 0 Å². The number of carbonyl (C=O) groups is 1. The van der Waals surface area contributed by atoms with Crippen molar-refractivity contribution >= 4 is 5.91 Å². The zero-order valence-electron chi connectivity index (χ0n) is 7.12. The minimum Gasteiger partial charge on any atom is -0.368 e. The summed E-state index contributed by atoms with van der Waals surface area (Å²) in [5.41, 5.74) is 5.30. The second-order valence-electron chi connectivity index (χ2n) is 3.64. The lowest BCUT2D eigenvalue weighted by molar-refractivity contribution is -0.122. The molecule has 3 saturated heterocycles. The van der Waals surface area contributed by atoms with Crippen molar-refractivity contribution in [1.82, 2.24) is 10.2 Å². The average molecular weight is 169 g/mol. The summed E-state index contributed by atoms with van der Waals surface area (Å²) in [6.45, 7) is 2.77. The number of nitrogens with zero attached hydrogens (tertiary/aromatic N) is 1. The van der Waals surface area contributed by atoms with E-state index in [1.54, 1.807) is 0 Å². The second kappa shape index (κ2) is 3.03. The summed E-state index contributed by atoms with van der Waals surface area (Å²) >= 11 is 0. The van der Waals surface area contributed by atoms with E-state index in [1.165, 1.54) is 0 Å². The van der Waals surface area contributed by atoms with E-state index in [0.717, 1.165) is 32.5 Å². The standard InChI is InChI=1S/C8H15N3O/c9-8(12)7-5-10-6-1-3-11(7)4-2-6/h6-7,10H,1-5H2,(H2,9,12). The molecule has 3 aliphatic rings. The third-order valence-corrected chi connectivity index (χ3v) is 2.90. The molecule has 3 heterocycles. The van der Waals surface area contributed by atoms with E-state index < -0.39 is 0 Å². The molecule has 1 amide bonds. The van der Waals surface area contributed by atoms with Crippen LogP contribution in [-0.4, -0.2) is 42.5 Å². The Labute approximate surface area is 72.1 Å². The van der Waals surface area contributed by atoms with Gasteiger partial charge in [0.2, 0.25) is 5.91 Å². The largest absolute Gasteiger partial charge is 0.368 e. The van der Waals surface area contributed by atoms with E-state index in [2.05, 4.69) is 10.2 Å². The van der Waals surface area contributed by atoms with Gasteiger partial charge in [-0.15, -0.1) is 0 Å². The first-order chi connectivity index (χ1) is 5.77. The van der Waals surface area contributed by atoms with Gasteiger partial charge >= 0.3 is 0 Å². The summed E-state index contributed by atoms with van der Waals surface area (Å²) < 4.78 is 0. The first-order valence-electron chi connectivity index (χ1n) is 4.54. The van der Waals surface area contributed by atoms with Crippen LogP contribution in [0, 0.1) is 0 Å². The van der Waals surface area contributed by atoms with E-state index in [0.29, 0.717) is 6.04 Å². The summed E-state index contributed by atoms with van der Waals surface area (Å²) in [6, 6.07) is 0.545. The molecule has 0 aromatic carbocycles. The van der Waals surface area contributed by atoms with Crippen molar-refractivity contribution in [2.24, 2.45) is 5.73 Å². The van der Waals surface area contributed by atoms with Gasteiger partial charge in [-0.3, -0.25) is 9.69 Å². The molecule has 2 bridgehead atoms. The Morgan fingerprint density at radius 1 is 1.42 bits per heavy atom. The maximum atomic E-state index is 11.0. The number of rotatable bonds is 1. The van der Waals surface area contributed by atoms with E-state index in [4.69, 9.17) is 5.73 Å². The molecule has 0 radical (unpaired) electrons. The number of amides is 1.